The van der Waals surface area contributed by atoms with E-state index in [0.29, 0.717) is 0 Å². The predicted octanol–water partition coefficient (Wildman–Crippen LogP) is 2.82. The summed E-state index contributed by atoms with van der Waals surface area (Å²) in [5.41, 5.74) is 4.52. The van der Waals surface area contributed by atoms with Gasteiger partial charge in [0.1, 0.15) is 0 Å². The average Bonchev–Trinajstić information content (AvgIpc) is 2.82. The van der Waals surface area contributed by atoms with E-state index < -0.39 is 5.97 Å². The second-order valence-corrected chi connectivity index (χ2v) is 4.71. The SMILES string of the molecule is O=C(O)C1CCc2cc(-c3ccccc3)ccc21.[NaH]. The van der Waals surface area contributed by atoms with E-state index in [1.165, 1.54) is 16.7 Å². The number of benzene rings is 2. The van der Waals surface area contributed by atoms with E-state index in [0.717, 1.165) is 18.4 Å². The predicted molar refractivity (Wildman–Crippen MR) is 77.7 cm³/mol. The molecule has 19 heavy (non-hydrogen) atoms. The standard InChI is InChI=1S/C16H14O2.Na.H/c17-16(18)15-9-7-13-10-12(6-8-14(13)15)11-4-2-1-3-5-11;;/h1-6,8,10,15H,7,9H2,(H,17,18);;. The van der Waals surface area contributed by atoms with Gasteiger partial charge < -0.3 is 5.11 Å². The monoisotopic (exact) mass is 262 g/mol. The maximum atomic E-state index is 11.1. The Morgan fingerprint density at radius 3 is 2.47 bits per heavy atom. The molecule has 0 saturated heterocycles. The first-order chi connectivity index (χ1) is 8.75. The first-order valence-corrected chi connectivity index (χ1v) is 6.17. The Kier molecular flexibility index (Phi) is 4.46. The van der Waals surface area contributed by atoms with Gasteiger partial charge in [-0.3, -0.25) is 4.79 Å². The molecular formula is C16H15NaO2. The molecule has 3 heteroatoms. The van der Waals surface area contributed by atoms with Crippen molar-refractivity contribution >= 4 is 35.5 Å². The van der Waals surface area contributed by atoms with Crippen LogP contribution in [0.1, 0.15) is 23.5 Å². The van der Waals surface area contributed by atoms with E-state index >= 15 is 0 Å². The van der Waals surface area contributed by atoms with Gasteiger partial charge in [0.05, 0.1) is 5.92 Å². The van der Waals surface area contributed by atoms with Gasteiger partial charge >= 0.3 is 35.5 Å². The number of carbonyl (C=O) groups is 1. The number of aliphatic carboxylic acids is 1. The molecule has 1 aliphatic rings. The zero-order valence-corrected chi connectivity index (χ0v) is 9.97. The molecule has 2 aromatic carbocycles. The van der Waals surface area contributed by atoms with Crippen molar-refractivity contribution in [2.24, 2.45) is 0 Å². The molecule has 0 spiro atoms. The van der Waals surface area contributed by atoms with E-state index in [1.54, 1.807) is 0 Å². The van der Waals surface area contributed by atoms with Crippen LogP contribution in [0.5, 0.6) is 0 Å². The van der Waals surface area contributed by atoms with Crippen LogP contribution in [-0.4, -0.2) is 40.6 Å². The van der Waals surface area contributed by atoms with Crippen molar-refractivity contribution in [2.45, 2.75) is 18.8 Å². The van der Waals surface area contributed by atoms with E-state index in [-0.39, 0.29) is 35.5 Å². The molecule has 0 aliphatic heterocycles. The van der Waals surface area contributed by atoms with Crippen LogP contribution >= 0.6 is 0 Å². The molecule has 2 aromatic rings. The summed E-state index contributed by atoms with van der Waals surface area (Å²) in [6.07, 6.45) is 1.59. The summed E-state index contributed by atoms with van der Waals surface area (Å²) >= 11 is 0. The summed E-state index contributed by atoms with van der Waals surface area (Å²) in [4.78, 5) is 11.1. The first-order valence-electron chi connectivity index (χ1n) is 6.17. The summed E-state index contributed by atoms with van der Waals surface area (Å²) in [7, 11) is 0. The number of hydrogen-bond donors (Lipinski definition) is 1. The third-order valence-corrected chi connectivity index (χ3v) is 3.63. The molecule has 0 aromatic heterocycles. The zero-order chi connectivity index (χ0) is 12.5. The van der Waals surface area contributed by atoms with Crippen LogP contribution in [0.15, 0.2) is 48.5 Å². The fourth-order valence-electron chi connectivity index (χ4n) is 2.68. The van der Waals surface area contributed by atoms with Crippen LogP contribution in [0.4, 0.5) is 0 Å². The molecule has 92 valence electrons. The molecule has 0 heterocycles. The van der Waals surface area contributed by atoms with E-state index in [9.17, 15) is 4.79 Å². The van der Waals surface area contributed by atoms with Gasteiger partial charge in [-0.1, -0.05) is 48.5 Å². The normalized spacial score (nSPS) is 16.5. The molecule has 0 fully saturated rings. The second-order valence-electron chi connectivity index (χ2n) is 4.71. The molecule has 1 N–H and O–H groups in total. The summed E-state index contributed by atoms with van der Waals surface area (Å²) in [5.74, 6) is -1.02. The molecule has 2 nitrogen and oxygen atoms in total. The molecule has 1 atom stereocenters. The van der Waals surface area contributed by atoms with Crippen LogP contribution in [0.2, 0.25) is 0 Å². The van der Waals surface area contributed by atoms with Gasteiger partial charge in [-0.15, -0.1) is 0 Å². The van der Waals surface area contributed by atoms with E-state index in [4.69, 9.17) is 5.11 Å². The van der Waals surface area contributed by atoms with Crippen molar-refractivity contribution in [3.05, 3.63) is 59.7 Å². The Morgan fingerprint density at radius 2 is 1.79 bits per heavy atom. The number of rotatable bonds is 2. The Labute approximate surface area is 134 Å². The summed E-state index contributed by atoms with van der Waals surface area (Å²) in [5, 5.41) is 9.15. The minimum absolute atomic E-state index is 0. The summed E-state index contributed by atoms with van der Waals surface area (Å²) < 4.78 is 0. The fraction of sp³-hybridized carbons (Fsp3) is 0.188. The number of fused-ring (bicyclic) bond motifs is 1. The second kappa shape index (κ2) is 5.91. The Hall–Kier alpha value is -1.09. The topological polar surface area (TPSA) is 37.3 Å². The molecule has 3 rings (SSSR count). The molecule has 0 radical (unpaired) electrons. The summed E-state index contributed by atoms with van der Waals surface area (Å²) in [6, 6.07) is 16.3. The first kappa shape index (κ1) is 14.3. The minimum atomic E-state index is -0.707. The molecule has 1 aliphatic carbocycles. The Balaban J connectivity index is 0.00000133. The van der Waals surface area contributed by atoms with Crippen molar-refractivity contribution in [3.63, 3.8) is 0 Å². The third kappa shape index (κ3) is 2.76. The van der Waals surface area contributed by atoms with Gasteiger partial charge in [0.25, 0.3) is 0 Å². The third-order valence-electron chi connectivity index (χ3n) is 3.63. The van der Waals surface area contributed by atoms with Crippen LogP contribution in [-0.2, 0) is 11.2 Å². The summed E-state index contributed by atoms with van der Waals surface area (Å²) in [6.45, 7) is 0. The molecule has 0 bridgehead atoms. The van der Waals surface area contributed by atoms with Gasteiger partial charge in [-0.2, -0.15) is 0 Å². The quantitative estimate of drug-likeness (QED) is 0.845. The maximum absolute atomic E-state index is 11.1. The Bertz CT molecular complexity index is 593. The number of aryl methyl sites for hydroxylation is 1. The molecule has 0 amide bonds. The van der Waals surface area contributed by atoms with E-state index in [1.807, 2.05) is 30.3 Å². The van der Waals surface area contributed by atoms with Gasteiger partial charge in [0, 0.05) is 0 Å². The van der Waals surface area contributed by atoms with Gasteiger partial charge in [0.2, 0.25) is 0 Å². The van der Waals surface area contributed by atoms with Crippen molar-refractivity contribution in [3.8, 4) is 11.1 Å². The number of carboxylic acid groups (broad SMARTS) is 1. The van der Waals surface area contributed by atoms with Crippen molar-refractivity contribution in [2.75, 3.05) is 0 Å². The van der Waals surface area contributed by atoms with E-state index in [2.05, 4.69) is 18.2 Å². The van der Waals surface area contributed by atoms with Crippen LogP contribution in [0, 0.1) is 0 Å². The van der Waals surface area contributed by atoms with Gasteiger partial charge in [-0.25, -0.2) is 0 Å². The van der Waals surface area contributed by atoms with Crippen LogP contribution in [0.25, 0.3) is 11.1 Å². The van der Waals surface area contributed by atoms with Crippen LogP contribution < -0.4 is 0 Å². The Morgan fingerprint density at radius 1 is 1.05 bits per heavy atom. The average molecular weight is 262 g/mol. The van der Waals surface area contributed by atoms with Gasteiger partial charge in [0.15, 0.2) is 0 Å². The fourth-order valence-corrected chi connectivity index (χ4v) is 2.68. The van der Waals surface area contributed by atoms with Crippen molar-refractivity contribution < 1.29 is 9.90 Å². The van der Waals surface area contributed by atoms with Crippen molar-refractivity contribution in [1.29, 1.82) is 0 Å². The van der Waals surface area contributed by atoms with Crippen LogP contribution in [0.3, 0.4) is 0 Å². The molecular weight excluding hydrogens is 247 g/mol. The molecule has 1 unspecified atom stereocenters. The number of hydrogen-bond acceptors (Lipinski definition) is 1. The van der Waals surface area contributed by atoms with Gasteiger partial charge in [-0.05, 0) is 35.1 Å². The van der Waals surface area contributed by atoms with Crippen molar-refractivity contribution in [1.82, 2.24) is 0 Å². The number of carboxylic acids is 1. The molecule has 0 saturated carbocycles. The zero-order valence-electron chi connectivity index (χ0n) is 9.97.